The van der Waals surface area contributed by atoms with Gasteiger partial charge >= 0.3 is 0 Å². The van der Waals surface area contributed by atoms with Crippen LogP contribution in [0.15, 0.2) is 30.3 Å². The molecular formula is C21H35Cl2N3O. The summed E-state index contributed by atoms with van der Waals surface area (Å²) >= 11 is 0. The van der Waals surface area contributed by atoms with Gasteiger partial charge in [-0.1, -0.05) is 49.6 Å². The standard InChI is InChI=1S/C21H33N3O.2ClH/c22-17-21(11-5-2-6-12-21)14-20(25)23-19-10-7-13-24(16-19)15-18-8-3-1-4-9-18;;/h1,3-4,8-9,19H,2,5-7,10-17,22H2,(H,23,25);2*1H. The topological polar surface area (TPSA) is 58.4 Å². The minimum Gasteiger partial charge on any atom is -0.352 e. The molecule has 6 heteroatoms. The predicted octanol–water partition coefficient (Wildman–Crippen LogP) is 3.91. The van der Waals surface area contributed by atoms with Crippen molar-refractivity contribution < 1.29 is 4.79 Å². The first-order chi connectivity index (χ1) is 12.2. The molecule has 0 radical (unpaired) electrons. The highest BCUT2D eigenvalue weighted by molar-refractivity contribution is 5.85. The van der Waals surface area contributed by atoms with Crippen LogP contribution in [0.1, 0.15) is 56.9 Å². The molecule has 1 aliphatic carbocycles. The number of halogens is 2. The van der Waals surface area contributed by atoms with E-state index in [-0.39, 0.29) is 42.2 Å². The molecule has 1 atom stereocenters. The first kappa shape index (κ1) is 24.2. The lowest BCUT2D eigenvalue weighted by atomic mass is 9.71. The predicted molar refractivity (Wildman–Crippen MR) is 117 cm³/mol. The Hall–Kier alpha value is -0.810. The summed E-state index contributed by atoms with van der Waals surface area (Å²) in [4.78, 5) is 15.1. The number of amides is 1. The molecule has 27 heavy (non-hydrogen) atoms. The van der Waals surface area contributed by atoms with E-state index in [2.05, 4.69) is 40.5 Å². The first-order valence-corrected chi connectivity index (χ1v) is 9.95. The van der Waals surface area contributed by atoms with Gasteiger partial charge in [-0.2, -0.15) is 0 Å². The van der Waals surface area contributed by atoms with Gasteiger partial charge in [0.1, 0.15) is 0 Å². The van der Waals surface area contributed by atoms with Crippen molar-refractivity contribution in [3.05, 3.63) is 35.9 Å². The number of benzene rings is 1. The van der Waals surface area contributed by atoms with Gasteiger partial charge < -0.3 is 11.1 Å². The summed E-state index contributed by atoms with van der Waals surface area (Å²) in [7, 11) is 0. The number of carbonyl (C=O) groups excluding carboxylic acids is 1. The van der Waals surface area contributed by atoms with Crippen LogP contribution in [0.3, 0.4) is 0 Å². The van der Waals surface area contributed by atoms with Crippen molar-refractivity contribution in [2.75, 3.05) is 19.6 Å². The maximum atomic E-state index is 12.6. The van der Waals surface area contributed by atoms with E-state index in [9.17, 15) is 4.79 Å². The summed E-state index contributed by atoms with van der Waals surface area (Å²) in [5, 5.41) is 3.30. The number of hydrogen-bond donors (Lipinski definition) is 2. The van der Waals surface area contributed by atoms with E-state index < -0.39 is 0 Å². The molecule has 154 valence electrons. The van der Waals surface area contributed by atoms with Crippen molar-refractivity contribution in [3.8, 4) is 0 Å². The SMILES string of the molecule is Cl.Cl.NCC1(CC(=O)NC2CCCN(Cc3ccccc3)C2)CCCCC1. The number of hydrogen-bond acceptors (Lipinski definition) is 3. The average Bonchev–Trinajstić information content (AvgIpc) is 2.63. The van der Waals surface area contributed by atoms with Crippen LogP contribution in [0.25, 0.3) is 0 Å². The maximum absolute atomic E-state index is 12.6. The molecular weight excluding hydrogens is 381 g/mol. The molecule has 2 fully saturated rings. The summed E-state index contributed by atoms with van der Waals surface area (Å²) < 4.78 is 0. The zero-order chi connectivity index (χ0) is 17.5. The van der Waals surface area contributed by atoms with Crippen LogP contribution in [0.2, 0.25) is 0 Å². The average molecular weight is 416 g/mol. The largest absolute Gasteiger partial charge is 0.352 e. The second-order valence-corrected chi connectivity index (χ2v) is 8.07. The third-order valence-electron chi connectivity index (χ3n) is 6.00. The lowest BCUT2D eigenvalue weighted by Crippen LogP contribution is -2.49. The molecule has 3 N–H and O–H groups in total. The van der Waals surface area contributed by atoms with E-state index >= 15 is 0 Å². The molecule has 1 saturated carbocycles. The quantitative estimate of drug-likeness (QED) is 0.739. The van der Waals surface area contributed by atoms with Gasteiger partial charge in [0.2, 0.25) is 5.91 Å². The van der Waals surface area contributed by atoms with Crippen molar-refractivity contribution in [3.63, 3.8) is 0 Å². The number of nitrogens with one attached hydrogen (secondary N) is 1. The Labute approximate surface area is 176 Å². The number of carbonyl (C=O) groups is 1. The van der Waals surface area contributed by atoms with Crippen LogP contribution >= 0.6 is 24.8 Å². The summed E-state index contributed by atoms with van der Waals surface area (Å²) in [5.41, 5.74) is 7.44. The smallest absolute Gasteiger partial charge is 0.220 e. The number of nitrogens with two attached hydrogens (primary N) is 1. The molecule has 1 aliphatic heterocycles. The van der Waals surface area contributed by atoms with Crippen LogP contribution in [0, 0.1) is 5.41 Å². The van der Waals surface area contributed by atoms with E-state index in [0.717, 1.165) is 45.3 Å². The molecule has 1 unspecified atom stereocenters. The molecule has 1 heterocycles. The minimum atomic E-state index is 0. The van der Waals surface area contributed by atoms with E-state index in [1.165, 1.54) is 24.8 Å². The van der Waals surface area contributed by atoms with Gasteiger partial charge in [0.15, 0.2) is 0 Å². The van der Waals surface area contributed by atoms with Crippen LogP contribution < -0.4 is 11.1 Å². The second kappa shape index (κ2) is 11.9. The number of rotatable bonds is 6. The lowest BCUT2D eigenvalue weighted by molar-refractivity contribution is -0.125. The lowest BCUT2D eigenvalue weighted by Gasteiger charge is -2.37. The van der Waals surface area contributed by atoms with Crippen LogP contribution in [0.5, 0.6) is 0 Å². The maximum Gasteiger partial charge on any atom is 0.220 e. The van der Waals surface area contributed by atoms with E-state index in [1.54, 1.807) is 0 Å². The van der Waals surface area contributed by atoms with Crippen LogP contribution in [-0.2, 0) is 11.3 Å². The fraction of sp³-hybridized carbons (Fsp3) is 0.667. The van der Waals surface area contributed by atoms with Gasteiger partial charge in [-0.05, 0) is 49.8 Å². The number of piperidine rings is 1. The fourth-order valence-corrected chi connectivity index (χ4v) is 4.53. The summed E-state index contributed by atoms with van der Waals surface area (Å²) in [6.07, 6.45) is 8.81. The molecule has 3 rings (SSSR count). The molecule has 1 saturated heterocycles. The summed E-state index contributed by atoms with van der Waals surface area (Å²) in [6, 6.07) is 10.9. The van der Waals surface area contributed by atoms with Gasteiger partial charge in [-0.15, -0.1) is 24.8 Å². The van der Waals surface area contributed by atoms with Crippen LogP contribution in [-0.4, -0.2) is 36.5 Å². The van der Waals surface area contributed by atoms with Gasteiger partial charge in [0.25, 0.3) is 0 Å². The fourth-order valence-electron chi connectivity index (χ4n) is 4.53. The Kier molecular flexibility index (Phi) is 10.7. The molecule has 4 nitrogen and oxygen atoms in total. The van der Waals surface area contributed by atoms with Crippen molar-refractivity contribution in [1.29, 1.82) is 0 Å². The number of likely N-dealkylation sites (tertiary alicyclic amines) is 1. The summed E-state index contributed by atoms with van der Waals surface area (Å²) in [5.74, 6) is 0.207. The Morgan fingerprint density at radius 1 is 1.11 bits per heavy atom. The van der Waals surface area contributed by atoms with Crippen molar-refractivity contribution >= 4 is 30.7 Å². The molecule has 0 bridgehead atoms. The minimum absolute atomic E-state index is 0. The molecule has 0 aromatic heterocycles. The normalized spacial score (nSPS) is 22.2. The molecule has 1 aromatic carbocycles. The summed E-state index contributed by atoms with van der Waals surface area (Å²) in [6.45, 7) is 3.69. The van der Waals surface area contributed by atoms with Crippen molar-refractivity contribution in [1.82, 2.24) is 10.2 Å². The second-order valence-electron chi connectivity index (χ2n) is 8.07. The van der Waals surface area contributed by atoms with Gasteiger partial charge in [-0.25, -0.2) is 0 Å². The third-order valence-corrected chi connectivity index (χ3v) is 6.00. The third kappa shape index (κ3) is 7.26. The molecule has 1 amide bonds. The first-order valence-electron chi connectivity index (χ1n) is 9.95. The van der Waals surface area contributed by atoms with Crippen molar-refractivity contribution in [2.24, 2.45) is 11.1 Å². The van der Waals surface area contributed by atoms with Gasteiger partial charge in [-0.3, -0.25) is 9.69 Å². The van der Waals surface area contributed by atoms with E-state index in [4.69, 9.17) is 5.73 Å². The van der Waals surface area contributed by atoms with Gasteiger partial charge in [0, 0.05) is 25.6 Å². The van der Waals surface area contributed by atoms with E-state index in [1.807, 2.05) is 0 Å². The Balaban J connectivity index is 0.00000182. The molecule has 1 aromatic rings. The Morgan fingerprint density at radius 3 is 2.48 bits per heavy atom. The highest BCUT2D eigenvalue weighted by atomic mass is 35.5. The highest BCUT2D eigenvalue weighted by Gasteiger charge is 2.33. The van der Waals surface area contributed by atoms with E-state index in [0.29, 0.717) is 13.0 Å². The van der Waals surface area contributed by atoms with Gasteiger partial charge in [0.05, 0.1) is 0 Å². The van der Waals surface area contributed by atoms with Crippen molar-refractivity contribution in [2.45, 2.75) is 64.0 Å². The monoisotopic (exact) mass is 415 g/mol. The molecule has 2 aliphatic rings. The zero-order valence-electron chi connectivity index (χ0n) is 16.2. The number of nitrogens with zero attached hydrogens (tertiary/aromatic N) is 1. The highest BCUT2D eigenvalue weighted by Crippen LogP contribution is 2.38. The Morgan fingerprint density at radius 2 is 1.81 bits per heavy atom. The zero-order valence-corrected chi connectivity index (χ0v) is 17.8. The molecule has 0 spiro atoms. The van der Waals surface area contributed by atoms with Crippen LogP contribution in [0.4, 0.5) is 0 Å². The Bertz CT molecular complexity index is 550.